The molecule has 1 fully saturated rings. The number of nitrogens with one attached hydrogen (secondary N) is 3. The molecule has 2 aromatic carbocycles. The number of piperidine rings is 1. The summed E-state index contributed by atoms with van der Waals surface area (Å²) in [5, 5.41) is 10.6. The Morgan fingerprint density at radius 3 is 2.69 bits per heavy atom. The molecule has 1 aliphatic heterocycles. The second kappa shape index (κ2) is 8.84. The summed E-state index contributed by atoms with van der Waals surface area (Å²) in [5.74, 6) is 0.657. The normalized spacial score (nSPS) is 15.0. The Balaban J connectivity index is 1.55. The SMILES string of the molecule is C[C@@H](Nc1ncnc2ccc(NC(=O)C=C3CCNCC3)cc12)c1ccccc1. The first-order valence-corrected chi connectivity index (χ1v) is 9.96. The fraction of sp³-hybridized carbons (Fsp3) is 0.261. The fourth-order valence-electron chi connectivity index (χ4n) is 3.54. The summed E-state index contributed by atoms with van der Waals surface area (Å²) in [5.41, 5.74) is 3.93. The molecule has 1 aromatic heterocycles. The van der Waals surface area contributed by atoms with Crippen LogP contribution in [0.3, 0.4) is 0 Å². The quantitative estimate of drug-likeness (QED) is 0.576. The van der Waals surface area contributed by atoms with Crippen molar-refractivity contribution in [1.29, 1.82) is 0 Å². The summed E-state index contributed by atoms with van der Waals surface area (Å²) in [6.07, 6.45) is 5.13. The van der Waals surface area contributed by atoms with E-state index in [9.17, 15) is 4.79 Å². The van der Waals surface area contributed by atoms with Gasteiger partial charge in [-0.25, -0.2) is 9.97 Å². The van der Waals surface area contributed by atoms with Gasteiger partial charge in [0.15, 0.2) is 0 Å². The van der Waals surface area contributed by atoms with Crippen LogP contribution in [0.15, 0.2) is 66.5 Å². The van der Waals surface area contributed by atoms with Crippen LogP contribution in [0.1, 0.15) is 31.4 Å². The Morgan fingerprint density at radius 1 is 1.10 bits per heavy atom. The molecule has 3 aromatic rings. The first-order valence-electron chi connectivity index (χ1n) is 9.96. The topological polar surface area (TPSA) is 78.9 Å². The number of anilines is 2. The van der Waals surface area contributed by atoms with Gasteiger partial charge in [-0.3, -0.25) is 4.79 Å². The van der Waals surface area contributed by atoms with Crippen LogP contribution in [0.4, 0.5) is 11.5 Å². The zero-order chi connectivity index (χ0) is 20.1. The van der Waals surface area contributed by atoms with E-state index in [4.69, 9.17) is 0 Å². The number of carbonyl (C=O) groups is 1. The lowest BCUT2D eigenvalue weighted by Crippen LogP contribution is -2.24. The molecule has 6 heteroatoms. The lowest BCUT2D eigenvalue weighted by molar-refractivity contribution is -0.112. The number of hydrogen-bond donors (Lipinski definition) is 3. The highest BCUT2D eigenvalue weighted by molar-refractivity contribution is 6.02. The van der Waals surface area contributed by atoms with Crippen molar-refractivity contribution in [1.82, 2.24) is 15.3 Å². The molecule has 0 spiro atoms. The predicted octanol–water partition coefficient (Wildman–Crippen LogP) is 4.05. The van der Waals surface area contributed by atoms with Crippen LogP contribution in [0, 0.1) is 0 Å². The van der Waals surface area contributed by atoms with Gasteiger partial charge in [-0.1, -0.05) is 35.9 Å². The van der Waals surface area contributed by atoms with Crippen LogP contribution in [0.5, 0.6) is 0 Å². The van der Waals surface area contributed by atoms with Gasteiger partial charge >= 0.3 is 0 Å². The molecule has 6 nitrogen and oxygen atoms in total. The Morgan fingerprint density at radius 2 is 1.90 bits per heavy atom. The second-order valence-electron chi connectivity index (χ2n) is 7.27. The average Bonchev–Trinajstić information content (AvgIpc) is 2.75. The molecule has 1 saturated heterocycles. The molecule has 2 heterocycles. The smallest absolute Gasteiger partial charge is 0.248 e. The number of hydrogen-bond acceptors (Lipinski definition) is 5. The highest BCUT2D eigenvalue weighted by Gasteiger charge is 2.11. The maximum atomic E-state index is 12.4. The minimum Gasteiger partial charge on any atom is -0.363 e. The van der Waals surface area contributed by atoms with E-state index in [1.165, 1.54) is 11.1 Å². The fourth-order valence-corrected chi connectivity index (χ4v) is 3.54. The first-order chi connectivity index (χ1) is 14.2. The van der Waals surface area contributed by atoms with Gasteiger partial charge in [0.1, 0.15) is 12.1 Å². The zero-order valence-corrected chi connectivity index (χ0v) is 16.5. The molecule has 1 amide bonds. The number of nitrogens with zero attached hydrogens (tertiary/aromatic N) is 2. The number of carbonyl (C=O) groups excluding carboxylic acids is 1. The van der Waals surface area contributed by atoms with Gasteiger partial charge in [0.2, 0.25) is 5.91 Å². The number of aromatic nitrogens is 2. The van der Waals surface area contributed by atoms with E-state index in [-0.39, 0.29) is 11.9 Å². The Hall–Kier alpha value is -3.25. The Kier molecular flexibility index (Phi) is 5.81. The van der Waals surface area contributed by atoms with Crippen molar-refractivity contribution in [3.05, 3.63) is 72.1 Å². The lowest BCUT2D eigenvalue weighted by atomic mass is 10.1. The van der Waals surface area contributed by atoms with E-state index >= 15 is 0 Å². The predicted molar refractivity (Wildman–Crippen MR) is 117 cm³/mol. The molecule has 4 rings (SSSR count). The summed E-state index contributed by atoms with van der Waals surface area (Å²) in [6.45, 7) is 3.96. The van der Waals surface area contributed by atoms with Crippen LogP contribution in [0.2, 0.25) is 0 Å². The van der Waals surface area contributed by atoms with Crippen molar-refractivity contribution in [2.45, 2.75) is 25.8 Å². The zero-order valence-electron chi connectivity index (χ0n) is 16.5. The summed E-state index contributed by atoms with van der Waals surface area (Å²) in [7, 11) is 0. The number of amides is 1. The van der Waals surface area contributed by atoms with Crippen LogP contribution >= 0.6 is 0 Å². The molecular weight excluding hydrogens is 362 g/mol. The van der Waals surface area contributed by atoms with Gasteiger partial charge in [0.25, 0.3) is 0 Å². The van der Waals surface area contributed by atoms with Crippen molar-refractivity contribution in [2.24, 2.45) is 0 Å². The van der Waals surface area contributed by atoms with E-state index < -0.39 is 0 Å². The molecule has 1 aliphatic rings. The van der Waals surface area contributed by atoms with E-state index in [0.717, 1.165) is 48.3 Å². The first kappa shape index (κ1) is 19.1. The molecule has 1 atom stereocenters. The number of benzene rings is 2. The molecule has 0 unspecified atom stereocenters. The minimum atomic E-state index is -0.0923. The van der Waals surface area contributed by atoms with E-state index in [1.807, 2.05) is 36.4 Å². The Bertz CT molecular complexity index is 1020. The van der Waals surface area contributed by atoms with Crippen molar-refractivity contribution in [3.63, 3.8) is 0 Å². The van der Waals surface area contributed by atoms with Gasteiger partial charge in [-0.15, -0.1) is 0 Å². The van der Waals surface area contributed by atoms with Crippen molar-refractivity contribution < 1.29 is 4.79 Å². The van der Waals surface area contributed by atoms with Gasteiger partial charge < -0.3 is 16.0 Å². The van der Waals surface area contributed by atoms with Gasteiger partial charge in [0.05, 0.1) is 5.52 Å². The average molecular weight is 387 g/mol. The van der Waals surface area contributed by atoms with Gasteiger partial charge in [-0.2, -0.15) is 0 Å². The molecule has 148 valence electrons. The Labute approximate surface area is 170 Å². The maximum Gasteiger partial charge on any atom is 0.248 e. The summed E-state index contributed by atoms with van der Waals surface area (Å²) >= 11 is 0. The lowest BCUT2D eigenvalue weighted by Gasteiger charge is -2.17. The largest absolute Gasteiger partial charge is 0.363 e. The van der Waals surface area contributed by atoms with E-state index in [0.29, 0.717) is 0 Å². The second-order valence-corrected chi connectivity index (χ2v) is 7.27. The van der Waals surface area contributed by atoms with Crippen molar-refractivity contribution >= 4 is 28.3 Å². The maximum absolute atomic E-state index is 12.4. The van der Waals surface area contributed by atoms with Crippen LogP contribution in [0.25, 0.3) is 10.9 Å². The third-order valence-electron chi connectivity index (χ3n) is 5.14. The van der Waals surface area contributed by atoms with E-state index in [1.54, 1.807) is 12.4 Å². The van der Waals surface area contributed by atoms with Gasteiger partial charge in [-0.05, 0) is 56.6 Å². The van der Waals surface area contributed by atoms with Gasteiger partial charge in [0, 0.05) is 23.2 Å². The molecule has 0 saturated carbocycles. The van der Waals surface area contributed by atoms with Crippen LogP contribution < -0.4 is 16.0 Å². The number of fused-ring (bicyclic) bond motifs is 1. The van der Waals surface area contributed by atoms with E-state index in [2.05, 4.69) is 45.0 Å². The monoisotopic (exact) mass is 387 g/mol. The highest BCUT2D eigenvalue weighted by atomic mass is 16.1. The molecule has 29 heavy (non-hydrogen) atoms. The molecular formula is C23H25N5O. The number of rotatable bonds is 5. The highest BCUT2D eigenvalue weighted by Crippen LogP contribution is 2.26. The van der Waals surface area contributed by atoms with Crippen LogP contribution in [-0.2, 0) is 4.79 Å². The third-order valence-corrected chi connectivity index (χ3v) is 5.14. The summed E-state index contributed by atoms with van der Waals surface area (Å²) in [4.78, 5) is 21.2. The molecule has 0 aliphatic carbocycles. The summed E-state index contributed by atoms with van der Waals surface area (Å²) in [6, 6.07) is 16.0. The summed E-state index contributed by atoms with van der Waals surface area (Å²) < 4.78 is 0. The molecule has 0 radical (unpaired) electrons. The van der Waals surface area contributed by atoms with Crippen LogP contribution in [-0.4, -0.2) is 29.0 Å². The third kappa shape index (κ3) is 4.78. The molecule has 3 N–H and O–H groups in total. The van der Waals surface area contributed by atoms with Crippen molar-refractivity contribution in [3.8, 4) is 0 Å². The standard InChI is InChI=1S/C23H25N5O/c1-16(18-5-3-2-4-6-18)27-23-20-14-19(7-8-21(20)25-15-26-23)28-22(29)13-17-9-11-24-12-10-17/h2-8,13-16,24H,9-12H2,1H3,(H,28,29)(H,25,26,27)/t16-/m1/s1. The molecule has 0 bridgehead atoms. The minimum absolute atomic E-state index is 0.0923. The van der Waals surface area contributed by atoms with Crippen molar-refractivity contribution in [2.75, 3.05) is 23.7 Å².